The van der Waals surface area contributed by atoms with Gasteiger partial charge in [-0.3, -0.25) is 29.8 Å². The van der Waals surface area contributed by atoms with E-state index in [0.29, 0.717) is 11.1 Å². The molecular weight excluding hydrogens is 517 g/mol. The first-order chi connectivity index (χ1) is 17.2. The predicted octanol–water partition coefficient (Wildman–Crippen LogP) is 3.73. The highest BCUT2D eigenvalue weighted by Gasteiger charge is 2.14. The number of benzene rings is 2. The fourth-order valence-corrected chi connectivity index (χ4v) is 3.01. The van der Waals surface area contributed by atoms with Gasteiger partial charge in [0.15, 0.2) is 0 Å². The van der Waals surface area contributed by atoms with Crippen molar-refractivity contribution in [1.82, 2.24) is 15.8 Å². The van der Waals surface area contributed by atoms with Gasteiger partial charge in [-0.15, -0.1) is 0 Å². The quantitative estimate of drug-likeness (QED) is 0.253. The number of nitro benzene ring substituents is 2. The predicted molar refractivity (Wildman–Crippen MR) is 131 cm³/mol. The van der Waals surface area contributed by atoms with Crippen molar-refractivity contribution in [3.8, 4) is 0 Å². The minimum Gasteiger partial charge on any atom is -0.266 e. The van der Waals surface area contributed by atoms with Crippen molar-refractivity contribution >= 4 is 58.8 Å². The Balaban J connectivity index is 1.63. The standard InChI is InChI=1S/C21H13Cl2N7O6/c22-14-6-4-12(8-18(14)29(33)34)10-24-27-20(31)16-2-1-3-17(26-16)21(32)28-25-11-13-5-7-15(23)19(9-13)30(35)36/h1-11H,(H,27,31)(H,28,32). The highest BCUT2D eigenvalue weighted by Crippen LogP contribution is 2.25. The van der Waals surface area contributed by atoms with Gasteiger partial charge in [-0.2, -0.15) is 10.2 Å². The Bertz CT molecular complexity index is 1320. The molecule has 36 heavy (non-hydrogen) atoms. The SMILES string of the molecule is O=C(NN=Cc1ccc(Cl)c([N+](=O)[O-])c1)c1cccc(C(=O)NN=Cc2ccc(Cl)c([N+](=O)[O-])c2)n1. The zero-order chi connectivity index (χ0) is 26.2. The second kappa shape index (κ2) is 11.6. The van der Waals surface area contributed by atoms with Gasteiger partial charge in [0, 0.05) is 23.3 Å². The Labute approximate surface area is 211 Å². The first-order valence-electron chi connectivity index (χ1n) is 9.67. The summed E-state index contributed by atoms with van der Waals surface area (Å²) in [6, 6.07) is 12.0. The molecule has 13 nitrogen and oxygen atoms in total. The molecule has 0 atom stereocenters. The van der Waals surface area contributed by atoms with Gasteiger partial charge < -0.3 is 0 Å². The van der Waals surface area contributed by atoms with E-state index in [1.165, 1.54) is 67.0 Å². The maximum Gasteiger partial charge on any atom is 0.289 e. The molecule has 0 radical (unpaired) electrons. The van der Waals surface area contributed by atoms with Crippen LogP contribution in [0.1, 0.15) is 32.1 Å². The molecule has 2 N–H and O–H groups in total. The number of halogens is 2. The first-order valence-corrected chi connectivity index (χ1v) is 10.4. The summed E-state index contributed by atoms with van der Waals surface area (Å²) in [4.78, 5) is 49.1. The Morgan fingerprint density at radius 3 is 1.58 bits per heavy atom. The van der Waals surface area contributed by atoms with Gasteiger partial charge >= 0.3 is 0 Å². The minimum atomic E-state index is -0.749. The number of amides is 2. The van der Waals surface area contributed by atoms with Gasteiger partial charge in [0.25, 0.3) is 23.2 Å². The smallest absolute Gasteiger partial charge is 0.266 e. The molecule has 0 saturated heterocycles. The van der Waals surface area contributed by atoms with Crippen LogP contribution < -0.4 is 10.9 Å². The number of hydrazone groups is 2. The van der Waals surface area contributed by atoms with Crippen LogP contribution in [0.2, 0.25) is 10.0 Å². The summed E-state index contributed by atoms with van der Waals surface area (Å²) in [5.41, 5.74) is 4.12. The minimum absolute atomic E-state index is 0.0423. The highest BCUT2D eigenvalue weighted by molar-refractivity contribution is 6.33. The van der Waals surface area contributed by atoms with Crippen LogP contribution in [-0.2, 0) is 0 Å². The third-order valence-electron chi connectivity index (χ3n) is 4.31. The number of aromatic nitrogens is 1. The van der Waals surface area contributed by atoms with E-state index >= 15 is 0 Å². The van der Waals surface area contributed by atoms with Gasteiger partial charge in [0.1, 0.15) is 21.4 Å². The molecule has 1 aromatic heterocycles. The third-order valence-corrected chi connectivity index (χ3v) is 4.95. The van der Waals surface area contributed by atoms with E-state index in [0.717, 1.165) is 0 Å². The van der Waals surface area contributed by atoms with Gasteiger partial charge in [0.05, 0.1) is 22.3 Å². The molecule has 3 aromatic rings. The fourth-order valence-electron chi connectivity index (χ4n) is 2.63. The fraction of sp³-hybridized carbons (Fsp3) is 0. The zero-order valence-electron chi connectivity index (χ0n) is 17.8. The molecule has 0 bridgehead atoms. The molecule has 3 rings (SSSR count). The maximum atomic E-state index is 12.3. The largest absolute Gasteiger partial charge is 0.289 e. The van der Waals surface area contributed by atoms with E-state index in [9.17, 15) is 29.8 Å². The molecule has 0 saturated carbocycles. The van der Waals surface area contributed by atoms with E-state index in [-0.39, 0.29) is 32.8 Å². The lowest BCUT2D eigenvalue weighted by Crippen LogP contribution is -2.23. The van der Waals surface area contributed by atoms with E-state index < -0.39 is 21.7 Å². The lowest BCUT2D eigenvalue weighted by molar-refractivity contribution is -0.384. The van der Waals surface area contributed by atoms with Crippen molar-refractivity contribution < 1.29 is 19.4 Å². The van der Waals surface area contributed by atoms with Crippen LogP contribution in [0.15, 0.2) is 64.8 Å². The summed E-state index contributed by atoms with van der Waals surface area (Å²) in [7, 11) is 0. The molecule has 1 heterocycles. The number of pyridine rings is 1. The van der Waals surface area contributed by atoms with Crippen LogP contribution in [0.4, 0.5) is 11.4 Å². The van der Waals surface area contributed by atoms with Crippen LogP contribution in [-0.4, -0.2) is 39.1 Å². The average Bonchev–Trinajstić information content (AvgIpc) is 2.85. The number of rotatable bonds is 8. The topological polar surface area (TPSA) is 182 Å². The van der Waals surface area contributed by atoms with Crippen molar-refractivity contribution in [3.05, 3.63) is 107 Å². The van der Waals surface area contributed by atoms with Crippen LogP contribution in [0, 0.1) is 20.2 Å². The monoisotopic (exact) mass is 529 g/mol. The molecule has 182 valence electrons. The molecule has 0 aliphatic carbocycles. The van der Waals surface area contributed by atoms with Crippen molar-refractivity contribution in [2.45, 2.75) is 0 Å². The summed E-state index contributed by atoms with van der Waals surface area (Å²) in [6.45, 7) is 0. The first kappa shape index (κ1) is 25.9. The van der Waals surface area contributed by atoms with E-state index in [1.807, 2.05) is 0 Å². The van der Waals surface area contributed by atoms with Gasteiger partial charge in [-0.05, 0) is 24.3 Å². The number of nitrogens with zero attached hydrogens (tertiary/aromatic N) is 5. The summed E-state index contributed by atoms with van der Waals surface area (Å²) < 4.78 is 0. The lowest BCUT2D eigenvalue weighted by atomic mass is 10.2. The molecule has 0 unspecified atom stereocenters. The van der Waals surface area contributed by atoms with Gasteiger partial charge in [-0.25, -0.2) is 15.8 Å². The van der Waals surface area contributed by atoms with Crippen LogP contribution in [0.3, 0.4) is 0 Å². The number of carbonyl (C=O) groups excluding carboxylic acids is 2. The average molecular weight is 530 g/mol. The Kier molecular flexibility index (Phi) is 8.33. The zero-order valence-corrected chi connectivity index (χ0v) is 19.3. The normalized spacial score (nSPS) is 10.9. The highest BCUT2D eigenvalue weighted by atomic mass is 35.5. The lowest BCUT2D eigenvalue weighted by Gasteiger charge is -2.03. The second-order valence-corrected chi connectivity index (χ2v) is 7.56. The number of hydrogen-bond acceptors (Lipinski definition) is 9. The van der Waals surface area contributed by atoms with Gasteiger partial charge in [-0.1, -0.05) is 41.4 Å². The molecule has 15 heteroatoms. The Morgan fingerprint density at radius 1 is 0.778 bits per heavy atom. The summed E-state index contributed by atoms with van der Waals surface area (Å²) in [5, 5.41) is 29.2. The number of carbonyl (C=O) groups is 2. The van der Waals surface area contributed by atoms with Crippen molar-refractivity contribution in [2.75, 3.05) is 0 Å². The van der Waals surface area contributed by atoms with Gasteiger partial charge in [0.2, 0.25) is 0 Å². The summed E-state index contributed by atoms with van der Waals surface area (Å²) >= 11 is 11.5. The number of hydrogen-bond donors (Lipinski definition) is 2. The third kappa shape index (κ3) is 6.65. The van der Waals surface area contributed by atoms with Crippen LogP contribution in [0.5, 0.6) is 0 Å². The number of nitrogens with one attached hydrogen (secondary N) is 2. The van der Waals surface area contributed by atoms with Crippen LogP contribution in [0.25, 0.3) is 0 Å². The molecule has 0 fully saturated rings. The van der Waals surface area contributed by atoms with E-state index in [1.54, 1.807) is 0 Å². The molecule has 0 aliphatic rings. The van der Waals surface area contributed by atoms with E-state index in [2.05, 4.69) is 26.0 Å². The maximum absolute atomic E-state index is 12.3. The number of nitro groups is 2. The van der Waals surface area contributed by atoms with Crippen LogP contribution >= 0.6 is 23.2 Å². The second-order valence-electron chi connectivity index (χ2n) is 6.74. The van der Waals surface area contributed by atoms with Crippen molar-refractivity contribution in [3.63, 3.8) is 0 Å². The van der Waals surface area contributed by atoms with Crippen molar-refractivity contribution in [1.29, 1.82) is 0 Å². The molecule has 2 amide bonds. The summed E-state index contributed by atoms with van der Waals surface area (Å²) in [6.07, 6.45) is 2.35. The van der Waals surface area contributed by atoms with Crippen molar-refractivity contribution in [2.24, 2.45) is 10.2 Å². The molecule has 2 aromatic carbocycles. The summed E-state index contributed by atoms with van der Waals surface area (Å²) in [5.74, 6) is -1.50. The Hall–Kier alpha value is -4.75. The van der Waals surface area contributed by atoms with E-state index in [4.69, 9.17) is 23.2 Å². The molecular formula is C21H13Cl2N7O6. The molecule has 0 aliphatic heterocycles. The Morgan fingerprint density at radius 2 is 1.19 bits per heavy atom. The molecule has 0 spiro atoms.